The molecule has 0 saturated carbocycles. The van der Waals surface area contributed by atoms with E-state index in [-0.39, 0.29) is 11.5 Å². The summed E-state index contributed by atoms with van der Waals surface area (Å²) < 4.78 is 0. The Balaban J connectivity index is 1.18. The molecule has 2 aliphatic rings. The SMILES string of the molecule is C[C@@H]1CCc2c(sc3nc(CCC(=O)N4CCC(Cc5ccccc5)CC4)[nH]c(=O)c23)C1. The zero-order chi connectivity index (χ0) is 22.1. The van der Waals surface area contributed by atoms with Crippen molar-refractivity contribution in [2.75, 3.05) is 13.1 Å². The Morgan fingerprint density at radius 1 is 1.19 bits per heavy atom. The monoisotopic (exact) mass is 449 g/mol. The highest BCUT2D eigenvalue weighted by Crippen LogP contribution is 2.35. The van der Waals surface area contributed by atoms with E-state index in [1.54, 1.807) is 11.3 Å². The highest BCUT2D eigenvalue weighted by atomic mass is 32.1. The number of thiophene rings is 1. The summed E-state index contributed by atoms with van der Waals surface area (Å²) in [4.78, 5) is 37.4. The molecule has 1 fully saturated rings. The summed E-state index contributed by atoms with van der Waals surface area (Å²) in [5.41, 5.74) is 2.55. The van der Waals surface area contributed by atoms with Gasteiger partial charge in [-0.1, -0.05) is 37.3 Å². The van der Waals surface area contributed by atoms with Gasteiger partial charge in [-0.3, -0.25) is 9.59 Å². The number of likely N-dealkylation sites (tertiary alicyclic amines) is 1. The first-order chi connectivity index (χ1) is 15.6. The Hall–Kier alpha value is -2.47. The maximum Gasteiger partial charge on any atom is 0.259 e. The van der Waals surface area contributed by atoms with Crippen LogP contribution in [0, 0.1) is 11.8 Å². The largest absolute Gasteiger partial charge is 0.343 e. The van der Waals surface area contributed by atoms with E-state index in [1.165, 1.54) is 16.0 Å². The lowest BCUT2D eigenvalue weighted by Gasteiger charge is -2.32. The summed E-state index contributed by atoms with van der Waals surface area (Å²) >= 11 is 1.67. The number of piperidine rings is 1. The first-order valence-electron chi connectivity index (χ1n) is 11.9. The number of amides is 1. The van der Waals surface area contributed by atoms with Crippen molar-refractivity contribution in [3.05, 3.63) is 62.5 Å². The molecule has 1 N–H and O–H groups in total. The van der Waals surface area contributed by atoms with Gasteiger partial charge in [-0.2, -0.15) is 0 Å². The van der Waals surface area contributed by atoms with E-state index in [9.17, 15) is 9.59 Å². The second kappa shape index (κ2) is 9.18. The molecule has 1 aromatic carbocycles. The van der Waals surface area contributed by atoms with Gasteiger partial charge in [0.1, 0.15) is 10.7 Å². The number of H-pyrrole nitrogens is 1. The van der Waals surface area contributed by atoms with Crippen molar-refractivity contribution < 1.29 is 4.79 Å². The Morgan fingerprint density at radius 3 is 2.75 bits per heavy atom. The lowest BCUT2D eigenvalue weighted by atomic mass is 9.89. The van der Waals surface area contributed by atoms with Gasteiger partial charge in [0.15, 0.2) is 0 Å². The first-order valence-corrected chi connectivity index (χ1v) is 12.7. The summed E-state index contributed by atoms with van der Waals surface area (Å²) in [6.45, 7) is 3.93. The van der Waals surface area contributed by atoms with E-state index in [0.717, 1.165) is 61.8 Å². The molecule has 1 atom stereocenters. The highest BCUT2D eigenvalue weighted by Gasteiger charge is 2.25. The van der Waals surface area contributed by atoms with E-state index in [2.05, 4.69) is 42.2 Å². The summed E-state index contributed by atoms with van der Waals surface area (Å²) in [7, 11) is 0. The predicted octanol–water partition coefficient (Wildman–Crippen LogP) is 4.52. The average Bonchev–Trinajstić information content (AvgIpc) is 3.16. The van der Waals surface area contributed by atoms with Crippen molar-refractivity contribution >= 4 is 27.5 Å². The van der Waals surface area contributed by atoms with Crippen LogP contribution in [0.5, 0.6) is 0 Å². The van der Waals surface area contributed by atoms with E-state index in [0.29, 0.717) is 30.5 Å². The third-order valence-electron chi connectivity index (χ3n) is 7.12. The number of aromatic amines is 1. The molecular formula is C26H31N3O2S. The van der Waals surface area contributed by atoms with Crippen LogP contribution >= 0.6 is 11.3 Å². The van der Waals surface area contributed by atoms with Crippen LogP contribution < -0.4 is 5.56 Å². The molecule has 2 aromatic heterocycles. The van der Waals surface area contributed by atoms with Crippen molar-refractivity contribution in [3.8, 4) is 0 Å². The third-order valence-corrected chi connectivity index (χ3v) is 8.27. The van der Waals surface area contributed by atoms with Gasteiger partial charge < -0.3 is 9.88 Å². The molecule has 1 amide bonds. The maximum atomic E-state index is 12.8. The Bertz CT molecular complexity index is 1160. The number of nitrogens with one attached hydrogen (secondary N) is 1. The Kier molecular flexibility index (Phi) is 6.13. The number of benzene rings is 1. The summed E-state index contributed by atoms with van der Waals surface area (Å²) in [5.74, 6) is 2.13. The van der Waals surface area contributed by atoms with Crippen molar-refractivity contribution in [2.45, 2.75) is 58.3 Å². The summed E-state index contributed by atoms with van der Waals surface area (Å²) in [5, 5.41) is 0.785. The fourth-order valence-corrected chi connectivity index (χ4v) is 6.63. The van der Waals surface area contributed by atoms with Crippen LogP contribution in [0.4, 0.5) is 0 Å². The van der Waals surface area contributed by atoms with Crippen LogP contribution in [0.15, 0.2) is 35.1 Å². The molecule has 0 spiro atoms. The van der Waals surface area contributed by atoms with E-state index >= 15 is 0 Å². The molecule has 1 aliphatic carbocycles. The quantitative estimate of drug-likeness (QED) is 0.623. The van der Waals surface area contributed by atoms with Gasteiger partial charge in [0.2, 0.25) is 5.91 Å². The zero-order valence-electron chi connectivity index (χ0n) is 18.7. The number of aryl methyl sites for hydroxylation is 2. The predicted molar refractivity (Wildman–Crippen MR) is 129 cm³/mol. The topological polar surface area (TPSA) is 66.1 Å². The van der Waals surface area contributed by atoms with Gasteiger partial charge in [0, 0.05) is 30.8 Å². The standard InChI is InChI=1S/C26H31N3O2S/c1-17-7-8-20-21(15-17)32-26-24(20)25(31)27-22(28-26)9-10-23(30)29-13-11-19(12-14-29)16-18-5-3-2-4-6-18/h2-6,17,19H,7-16H2,1H3,(H,27,28,31)/t17-/m1/s1. The minimum Gasteiger partial charge on any atom is -0.343 e. The number of rotatable bonds is 5. The molecule has 5 rings (SSSR count). The van der Waals surface area contributed by atoms with Crippen molar-refractivity contribution in [1.82, 2.24) is 14.9 Å². The number of aromatic nitrogens is 2. The minimum atomic E-state index is -0.0359. The highest BCUT2D eigenvalue weighted by molar-refractivity contribution is 7.18. The molecule has 32 heavy (non-hydrogen) atoms. The second-order valence-corrected chi connectivity index (χ2v) is 10.6. The molecule has 3 heterocycles. The molecule has 1 saturated heterocycles. The molecule has 0 bridgehead atoms. The lowest BCUT2D eigenvalue weighted by Crippen LogP contribution is -2.39. The van der Waals surface area contributed by atoms with Crippen LogP contribution in [0.3, 0.4) is 0 Å². The minimum absolute atomic E-state index is 0.0359. The van der Waals surface area contributed by atoms with Gasteiger partial charge in [-0.05, 0) is 61.5 Å². The maximum absolute atomic E-state index is 12.8. The fraction of sp³-hybridized carbons (Fsp3) is 0.500. The lowest BCUT2D eigenvalue weighted by molar-refractivity contribution is -0.132. The van der Waals surface area contributed by atoms with Gasteiger partial charge in [-0.25, -0.2) is 4.98 Å². The molecule has 168 valence electrons. The fourth-order valence-electron chi connectivity index (χ4n) is 5.23. The van der Waals surface area contributed by atoms with Crippen molar-refractivity contribution in [2.24, 2.45) is 11.8 Å². The summed E-state index contributed by atoms with van der Waals surface area (Å²) in [6, 6.07) is 10.6. The third kappa shape index (κ3) is 4.51. The van der Waals surface area contributed by atoms with Crippen LogP contribution in [0.2, 0.25) is 0 Å². The zero-order valence-corrected chi connectivity index (χ0v) is 19.5. The molecular weight excluding hydrogens is 418 g/mol. The van der Waals surface area contributed by atoms with Crippen molar-refractivity contribution in [3.63, 3.8) is 0 Å². The van der Waals surface area contributed by atoms with Crippen LogP contribution in [-0.4, -0.2) is 33.9 Å². The number of fused-ring (bicyclic) bond motifs is 3. The smallest absolute Gasteiger partial charge is 0.259 e. The Labute approximate surface area is 192 Å². The number of nitrogens with zero attached hydrogens (tertiary/aromatic N) is 2. The second-order valence-electron chi connectivity index (χ2n) is 9.56. The van der Waals surface area contributed by atoms with E-state index in [4.69, 9.17) is 4.98 Å². The number of hydrogen-bond donors (Lipinski definition) is 1. The van der Waals surface area contributed by atoms with Gasteiger partial charge in [0.25, 0.3) is 5.56 Å². The van der Waals surface area contributed by atoms with E-state index < -0.39 is 0 Å². The van der Waals surface area contributed by atoms with Crippen LogP contribution in [-0.2, 0) is 30.5 Å². The van der Waals surface area contributed by atoms with Gasteiger partial charge in [-0.15, -0.1) is 11.3 Å². The van der Waals surface area contributed by atoms with Crippen LogP contribution in [0.1, 0.15) is 54.4 Å². The van der Waals surface area contributed by atoms with Crippen molar-refractivity contribution in [1.29, 1.82) is 0 Å². The molecule has 1 aliphatic heterocycles. The number of hydrogen-bond acceptors (Lipinski definition) is 4. The van der Waals surface area contributed by atoms with Gasteiger partial charge >= 0.3 is 0 Å². The number of carbonyl (C=O) groups excluding carboxylic acids is 1. The summed E-state index contributed by atoms with van der Waals surface area (Å²) in [6.07, 6.45) is 7.26. The average molecular weight is 450 g/mol. The normalized spacial score (nSPS) is 19.3. The molecule has 0 radical (unpaired) electrons. The Morgan fingerprint density at radius 2 is 1.97 bits per heavy atom. The number of carbonyl (C=O) groups is 1. The molecule has 3 aromatic rings. The molecule has 5 nitrogen and oxygen atoms in total. The molecule has 0 unspecified atom stereocenters. The van der Waals surface area contributed by atoms with Gasteiger partial charge in [0.05, 0.1) is 5.39 Å². The first kappa shape index (κ1) is 21.4. The molecule has 6 heteroatoms. The van der Waals surface area contributed by atoms with E-state index in [1.807, 2.05) is 4.90 Å². The van der Waals surface area contributed by atoms with Crippen LogP contribution in [0.25, 0.3) is 10.2 Å².